The van der Waals surface area contributed by atoms with Crippen LogP contribution in [0.25, 0.3) is 0 Å². The van der Waals surface area contributed by atoms with E-state index >= 15 is 0 Å². The lowest BCUT2D eigenvalue weighted by Crippen LogP contribution is -3.12. The molecule has 1 heterocycles. The Morgan fingerprint density at radius 2 is 1.90 bits per heavy atom. The molecule has 1 aromatic carbocycles. The van der Waals surface area contributed by atoms with Crippen molar-refractivity contribution in [2.45, 2.75) is 31.8 Å². The second-order valence-corrected chi connectivity index (χ2v) is 5.52. The Morgan fingerprint density at radius 1 is 1.15 bits per heavy atom. The average molecular weight is 274 g/mol. The van der Waals surface area contributed by atoms with Crippen molar-refractivity contribution in [3.63, 3.8) is 0 Å². The van der Waals surface area contributed by atoms with E-state index in [0.29, 0.717) is 0 Å². The van der Waals surface area contributed by atoms with Crippen LogP contribution in [-0.4, -0.2) is 37.4 Å². The first kappa shape index (κ1) is 15.1. The highest BCUT2D eigenvalue weighted by Crippen LogP contribution is 1.95. The van der Waals surface area contributed by atoms with Crippen molar-refractivity contribution in [2.75, 3.05) is 26.2 Å². The summed E-state index contributed by atoms with van der Waals surface area (Å²) < 4.78 is 0. The molecule has 1 aliphatic rings. The standard InChI is InChI=1S/C17H24N2O/c20-15-17(18-14-16-8-3-1-4-9-16)10-7-13-19-11-5-2-6-12-19/h1,3-4,8-9,17-18,20H,2,5-6,11-15H2/p+2/t17-/m1/s1. The van der Waals surface area contributed by atoms with Crippen LogP contribution < -0.4 is 10.2 Å². The normalized spacial score (nSPS) is 17.2. The monoisotopic (exact) mass is 274 g/mol. The van der Waals surface area contributed by atoms with Crippen molar-refractivity contribution >= 4 is 0 Å². The maximum Gasteiger partial charge on any atom is 0.171 e. The minimum absolute atomic E-state index is 0.000559. The molecule has 0 aliphatic carbocycles. The van der Waals surface area contributed by atoms with Gasteiger partial charge in [-0.05, 0) is 31.1 Å². The molecule has 0 unspecified atom stereocenters. The van der Waals surface area contributed by atoms with E-state index in [1.807, 2.05) is 18.2 Å². The number of piperidine rings is 1. The molecule has 1 saturated heterocycles. The molecule has 1 atom stereocenters. The van der Waals surface area contributed by atoms with Crippen molar-refractivity contribution < 1.29 is 15.3 Å². The first-order chi connectivity index (χ1) is 9.88. The topological polar surface area (TPSA) is 41.3 Å². The van der Waals surface area contributed by atoms with Gasteiger partial charge >= 0.3 is 0 Å². The SMILES string of the molecule is OC[C@@H](C#CC[NH+]1CCCCC1)[NH2+]Cc1ccccc1. The third kappa shape index (κ3) is 5.34. The van der Waals surface area contributed by atoms with Gasteiger partial charge in [-0.2, -0.15) is 0 Å². The van der Waals surface area contributed by atoms with Crippen LogP contribution >= 0.6 is 0 Å². The van der Waals surface area contributed by atoms with Crippen molar-refractivity contribution in [2.24, 2.45) is 0 Å². The van der Waals surface area contributed by atoms with Gasteiger partial charge in [-0.1, -0.05) is 30.3 Å². The molecule has 3 nitrogen and oxygen atoms in total. The number of quaternary nitrogens is 2. The second-order valence-electron chi connectivity index (χ2n) is 5.52. The molecule has 0 amide bonds. The van der Waals surface area contributed by atoms with E-state index in [9.17, 15) is 5.11 Å². The van der Waals surface area contributed by atoms with Gasteiger partial charge in [0.05, 0.1) is 13.1 Å². The van der Waals surface area contributed by atoms with Crippen LogP contribution in [0.4, 0.5) is 0 Å². The van der Waals surface area contributed by atoms with E-state index in [4.69, 9.17) is 0 Å². The van der Waals surface area contributed by atoms with E-state index in [-0.39, 0.29) is 12.6 Å². The largest absolute Gasteiger partial charge is 0.389 e. The smallest absolute Gasteiger partial charge is 0.171 e. The second kappa shape index (κ2) is 8.76. The predicted octanol–water partition coefficient (Wildman–Crippen LogP) is -0.817. The van der Waals surface area contributed by atoms with Gasteiger partial charge in [-0.15, -0.1) is 0 Å². The van der Waals surface area contributed by atoms with Crippen LogP contribution in [0.1, 0.15) is 24.8 Å². The first-order valence-corrected chi connectivity index (χ1v) is 7.68. The van der Waals surface area contributed by atoms with Gasteiger partial charge in [0.2, 0.25) is 0 Å². The van der Waals surface area contributed by atoms with Crippen LogP contribution in [0.3, 0.4) is 0 Å². The predicted molar refractivity (Wildman–Crippen MR) is 80.1 cm³/mol. The number of nitrogens with one attached hydrogen (secondary N) is 1. The lowest BCUT2D eigenvalue weighted by molar-refractivity contribution is -0.897. The summed E-state index contributed by atoms with van der Waals surface area (Å²) >= 11 is 0. The molecule has 0 spiro atoms. The molecular weight excluding hydrogens is 248 g/mol. The van der Waals surface area contributed by atoms with Crippen LogP contribution in [0.2, 0.25) is 0 Å². The summed E-state index contributed by atoms with van der Waals surface area (Å²) in [5.74, 6) is 6.47. The lowest BCUT2D eigenvalue weighted by atomic mass is 10.1. The van der Waals surface area contributed by atoms with Crippen LogP contribution in [0.15, 0.2) is 30.3 Å². The van der Waals surface area contributed by atoms with Crippen molar-refractivity contribution in [1.82, 2.24) is 0 Å². The molecule has 0 radical (unpaired) electrons. The summed E-state index contributed by atoms with van der Waals surface area (Å²) in [5.41, 5.74) is 1.27. The third-order valence-corrected chi connectivity index (χ3v) is 3.86. The molecular formula is C17H26N2O+2. The van der Waals surface area contributed by atoms with Crippen molar-refractivity contribution in [3.8, 4) is 11.8 Å². The zero-order chi connectivity index (χ0) is 14.0. The summed E-state index contributed by atoms with van der Waals surface area (Å²) in [6, 6.07) is 10.3. The number of benzene rings is 1. The molecule has 2 rings (SSSR count). The van der Waals surface area contributed by atoms with Crippen LogP contribution in [0.5, 0.6) is 0 Å². The number of hydrogen-bond donors (Lipinski definition) is 3. The van der Waals surface area contributed by atoms with Gasteiger partial charge in [-0.3, -0.25) is 0 Å². The van der Waals surface area contributed by atoms with Crippen LogP contribution in [-0.2, 0) is 6.54 Å². The fourth-order valence-corrected chi connectivity index (χ4v) is 2.61. The summed E-state index contributed by atoms with van der Waals surface area (Å²) in [6.07, 6.45) is 4.04. The minimum Gasteiger partial charge on any atom is -0.389 e. The quantitative estimate of drug-likeness (QED) is 0.604. The zero-order valence-corrected chi connectivity index (χ0v) is 12.1. The maximum atomic E-state index is 9.40. The highest BCUT2D eigenvalue weighted by molar-refractivity contribution is 5.13. The van der Waals surface area contributed by atoms with Crippen molar-refractivity contribution in [1.29, 1.82) is 0 Å². The molecule has 108 valence electrons. The molecule has 0 saturated carbocycles. The number of aliphatic hydroxyl groups excluding tert-OH is 1. The summed E-state index contributed by atoms with van der Waals surface area (Å²) in [7, 11) is 0. The molecule has 0 bridgehead atoms. The number of rotatable bonds is 5. The van der Waals surface area contributed by atoms with Gasteiger partial charge < -0.3 is 15.3 Å². The molecule has 1 fully saturated rings. The van der Waals surface area contributed by atoms with Gasteiger partial charge in [0.15, 0.2) is 6.04 Å². The van der Waals surface area contributed by atoms with Gasteiger partial charge in [0.1, 0.15) is 19.7 Å². The molecule has 1 aliphatic heterocycles. The van der Waals surface area contributed by atoms with E-state index in [0.717, 1.165) is 13.1 Å². The maximum absolute atomic E-state index is 9.40. The van der Waals surface area contributed by atoms with Gasteiger partial charge in [-0.25, -0.2) is 0 Å². The average Bonchev–Trinajstić information content (AvgIpc) is 2.52. The number of hydrogen-bond acceptors (Lipinski definition) is 1. The van der Waals surface area contributed by atoms with Gasteiger partial charge in [0.25, 0.3) is 0 Å². The fraction of sp³-hybridized carbons (Fsp3) is 0.529. The Morgan fingerprint density at radius 3 is 2.60 bits per heavy atom. The zero-order valence-electron chi connectivity index (χ0n) is 12.1. The Bertz CT molecular complexity index is 429. The number of nitrogens with two attached hydrogens (primary N) is 1. The molecule has 4 N–H and O–H groups in total. The highest BCUT2D eigenvalue weighted by Gasteiger charge is 2.12. The van der Waals surface area contributed by atoms with Crippen molar-refractivity contribution in [3.05, 3.63) is 35.9 Å². The Hall–Kier alpha value is -1.34. The number of aliphatic hydroxyl groups is 1. The van der Waals surface area contributed by atoms with Crippen LogP contribution in [0, 0.1) is 11.8 Å². The Balaban J connectivity index is 1.74. The molecule has 3 heteroatoms. The Labute approximate surface area is 122 Å². The highest BCUT2D eigenvalue weighted by atomic mass is 16.3. The molecule has 1 aromatic rings. The van der Waals surface area contributed by atoms with E-state index in [1.165, 1.54) is 37.9 Å². The minimum atomic E-state index is -0.000559. The molecule has 20 heavy (non-hydrogen) atoms. The Kier molecular flexibility index (Phi) is 6.59. The van der Waals surface area contributed by atoms with E-state index in [2.05, 4.69) is 29.3 Å². The summed E-state index contributed by atoms with van der Waals surface area (Å²) in [4.78, 5) is 1.60. The first-order valence-electron chi connectivity index (χ1n) is 7.68. The van der Waals surface area contributed by atoms with E-state index in [1.54, 1.807) is 4.90 Å². The lowest BCUT2D eigenvalue weighted by Gasteiger charge is -2.21. The van der Waals surface area contributed by atoms with E-state index < -0.39 is 0 Å². The van der Waals surface area contributed by atoms with Gasteiger partial charge in [0, 0.05) is 5.56 Å². The molecule has 0 aromatic heterocycles. The summed E-state index contributed by atoms with van der Waals surface area (Å²) in [6.45, 7) is 4.43. The fourth-order valence-electron chi connectivity index (χ4n) is 2.61. The summed E-state index contributed by atoms with van der Waals surface area (Å²) in [5, 5.41) is 11.5. The third-order valence-electron chi connectivity index (χ3n) is 3.86. The number of likely N-dealkylation sites (tertiary alicyclic amines) is 1.